The summed E-state index contributed by atoms with van der Waals surface area (Å²) >= 11 is 11.7. The van der Waals surface area contributed by atoms with Crippen LogP contribution >= 0.6 is 23.2 Å². The van der Waals surface area contributed by atoms with E-state index in [1.165, 1.54) is 0 Å². The standard InChI is InChI=1S/C16H16Cl2N4O2/c17-13-8-14(21-15(18)20-13)22-7-6-12(9-22)19-16(23)24-10-11-4-2-1-3-5-11/h1-5,8,12H,6-7,9-10H2,(H,19,23). The molecule has 1 fully saturated rings. The third-order valence-electron chi connectivity index (χ3n) is 3.70. The third-order valence-corrected chi connectivity index (χ3v) is 4.06. The van der Waals surface area contributed by atoms with Gasteiger partial charge < -0.3 is 15.0 Å². The van der Waals surface area contributed by atoms with Gasteiger partial charge in [-0.25, -0.2) is 14.8 Å². The molecule has 0 saturated carbocycles. The number of ether oxygens (including phenoxy) is 1. The third kappa shape index (κ3) is 4.49. The van der Waals surface area contributed by atoms with Crippen LogP contribution in [-0.4, -0.2) is 35.2 Å². The quantitative estimate of drug-likeness (QED) is 0.664. The van der Waals surface area contributed by atoms with Gasteiger partial charge in [0.1, 0.15) is 17.6 Å². The van der Waals surface area contributed by atoms with Crippen molar-refractivity contribution in [2.45, 2.75) is 19.1 Å². The summed E-state index contributed by atoms with van der Waals surface area (Å²) in [4.78, 5) is 21.9. The molecular formula is C16H16Cl2N4O2. The van der Waals surface area contributed by atoms with Crippen LogP contribution in [-0.2, 0) is 11.3 Å². The number of aromatic nitrogens is 2. The van der Waals surface area contributed by atoms with Crippen molar-refractivity contribution in [3.63, 3.8) is 0 Å². The lowest BCUT2D eigenvalue weighted by molar-refractivity contribution is 0.136. The summed E-state index contributed by atoms with van der Waals surface area (Å²) in [5.74, 6) is 0.655. The van der Waals surface area contributed by atoms with Crippen LogP contribution in [0.15, 0.2) is 36.4 Å². The molecule has 1 aromatic carbocycles. The molecule has 1 N–H and O–H groups in total. The Hall–Kier alpha value is -2.05. The second-order valence-electron chi connectivity index (χ2n) is 5.46. The van der Waals surface area contributed by atoms with Crippen LogP contribution in [0.25, 0.3) is 0 Å². The lowest BCUT2D eigenvalue weighted by atomic mass is 10.2. The molecule has 1 aliphatic heterocycles. The van der Waals surface area contributed by atoms with Crippen molar-refractivity contribution in [1.82, 2.24) is 15.3 Å². The number of carbonyl (C=O) groups excluding carboxylic acids is 1. The largest absolute Gasteiger partial charge is 0.445 e. The molecule has 1 aromatic heterocycles. The summed E-state index contributed by atoms with van der Waals surface area (Å²) in [6.45, 7) is 1.61. The number of halogens is 2. The van der Waals surface area contributed by atoms with Crippen molar-refractivity contribution in [3.05, 3.63) is 52.4 Å². The van der Waals surface area contributed by atoms with Gasteiger partial charge in [0.25, 0.3) is 0 Å². The van der Waals surface area contributed by atoms with E-state index in [0.29, 0.717) is 17.5 Å². The van der Waals surface area contributed by atoms with Crippen LogP contribution in [0.1, 0.15) is 12.0 Å². The second kappa shape index (κ2) is 7.68. The first-order valence-corrected chi connectivity index (χ1v) is 8.28. The average Bonchev–Trinajstić information content (AvgIpc) is 3.01. The van der Waals surface area contributed by atoms with E-state index in [4.69, 9.17) is 27.9 Å². The molecule has 3 rings (SSSR count). The molecule has 1 aliphatic rings. The van der Waals surface area contributed by atoms with Gasteiger partial charge >= 0.3 is 6.09 Å². The van der Waals surface area contributed by atoms with Gasteiger partial charge in [0.15, 0.2) is 0 Å². The lowest BCUT2D eigenvalue weighted by Gasteiger charge is -2.18. The Labute approximate surface area is 149 Å². The van der Waals surface area contributed by atoms with E-state index in [1.807, 2.05) is 35.2 Å². The Morgan fingerprint density at radius 2 is 2.08 bits per heavy atom. The first kappa shape index (κ1) is 16.8. The number of alkyl carbamates (subject to hydrolysis) is 1. The topological polar surface area (TPSA) is 67.4 Å². The maximum atomic E-state index is 11.9. The van der Waals surface area contributed by atoms with Crippen molar-refractivity contribution in [2.24, 2.45) is 0 Å². The zero-order valence-corrected chi connectivity index (χ0v) is 14.3. The van der Waals surface area contributed by atoms with Crippen LogP contribution in [0, 0.1) is 0 Å². The molecular weight excluding hydrogens is 351 g/mol. The smallest absolute Gasteiger partial charge is 0.407 e. The summed E-state index contributed by atoms with van der Waals surface area (Å²) in [7, 11) is 0. The molecule has 1 unspecified atom stereocenters. The molecule has 1 saturated heterocycles. The summed E-state index contributed by atoms with van der Waals surface area (Å²) in [6.07, 6.45) is 0.365. The van der Waals surface area contributed by atoms with Crippen LogP contribution in [0.4, 0.5) is 10.6 Å². The minimum absolute atomic E-state index is 0.0132. The predicted molar refractivity (Wildman–Crippen MR) is 92.4 cm³/mol. The van der Waals surface area contributed by atoms with Crippen molar-refractivity contribution in [1.29, 1.82) is 0 Å². The highest BCUT2D eigenvalue weighted by molar-refractivity contribution is 6.32. The molecule has 0 bridgehead atoms. The van der Waals surface area contributed by atoms with Gasteiger partial charge in [-0.2, -0.15) is 0 Å². The Bertz CT molecular complexity index is 694. The summed E-state index contributed by atoms with van der Waals surface area (Å²) < 4.78 is 5.23. The molecule has 0 aliphatic carbocycles. The molecule has 0 spiro atoms. The van der Waals surface area contributed by atoms with Gasteiger partial charge in [-0.15, -0.1) is 0 Å². The van der Waals surface area contributed by atoms with Gasteiger partial charge in [-0.3, -0.25) is 0 Å². The maximum absolute atomic E-state index is 11.9. The number of rotatable bonds is 4. The van der Waals surface area contributed by atoms with E-state index in [2.05, 4.69) is 15.3 Å². The SMILES string of the molecule is O=C(NC1CCN(c2cc(Cl)nc(Cl)n2)C1)OCc1ccccc1. The minimum atomic E-state index is -0.426. The fourth-order valence-corrected chi connectivity index (χ4v) is 2.96. The Morgan fingerprint density at radius 3 is 2.83 bits per heavy atom. The van der Waals surface area contributed by atoms with Gasteiger partial charge in [0, 0.05) is 19.2 Å². The fraction of sp³-hybridized carbons (Fsp3) is 0.312. The zero-order chi connectivity index (χ0) is 16.9. The molecule has 2 heterocycles. The predicted octanol–water partition coefficient (Wildman–Crippen LogP) is 3.29. The fourth-order valence-electron chi connectivity index (χ4n) is 2.56. The van der Waals surface area contributed by atoms with Gasteiger partial charge in [0.05, 0.1) is 6.04 Å². The monoisotopic (exact) mass is 366 g/mol. The number of nitrogens with one attached hydrogen (secondary N) is 1. The molecule has 126 valence electrons. The maximum Gasteiger partial charge on any atom is 0.407 e. The van der Waals surface area contributed by atoms with E-state index in [-0.39, 0.29) is 17.9 Å². The second-order valence-corrected chi connectivity index (χ2v) is 6.18. The Kier molecular flexibility index (Phi) is 5.37. The average molecular weight is 367 g/mol. The van der Waals surface area contributed by atoms with Gasteiger partial charge in [-0.1, -0.05) is 41.9 Å². The van der Waals surface area contributed by atoms with Gasteiger partial charge in [0.2, 0.25) is 5.28 Å². The van der Waals surface area contributed by atoms with E-state index >= 15 is 0 Å². The lowest BCUT2D eigenvalue weighted by Crippen LogP contribution is -2.37. The first-order chi connectivity index (χ1) is 11.6. The summed E-state index contributed by atoms with van der Waals surface area (Å²) in [5, 5.41) is 3.27. The van der Waals surface area contributed by atoms with E-state index in [0.717, 1.165) is 18.5 Å². The van der Waals surface area contributed by atoms with Crippen molar-refractivity contribution >= 4 is 35.1 Å². The molecule has 6 nitrogen and oxygen atoms in total. The van der Waals surface area contributed by atoms with Crippen LogP contribution < -0.4 is 10.2 Å². The van der Waals surface area contributed by atoms with Crippen molar-refractivity contribution in [3.8, 4) is 0 Å². The highest BCUT2D eigenvalue weighted by Gasteiger charge is 2.25. The highest BCUT2D eigenvalue weighted by atomic mass is 35.5. The van der Waals surface area contributed by atoms with Crippen LogP contribution in [0.5, 0.6) is 0 Å². The number of hydrogen-bond acceptors (Lipinski definition) is 5. The Balaban J connectivity index is 1.49. The normalized spacial score (nSPS) is 16.9. The molecule has 2 aromatic rings. The molecule has 1 amide bonds. The Morgan fingerprint density at radius 1 is 1.29 bits per heavy atom. The number of nitrogens with zero attached hydrogens (tertiary/aromatic N) is 3. The number of benzene rings is 1. The van der Waals surface area contributed by atoms with E-state index in [9.17, 15) is 4.79 Å². The van der Waals surface area contributed by atoms with Crippen molar-refractivity contribution in [2.75, 3.05) is 18.0 Å². The number of carbonyl (C=O) groups is 1. The van der Waals surface area contributed by atoms with E-state index < -0.39 is 6.09 Å². The summed E-state index contributed by atoms with van der Waals surface area (Å²) in [5.41, 5.74) is 0.950. The molecule has 24 heavy (non-hydrogen) atoms. The molecule has 0 radical (unpaired) electrons. The molecule has 8 heteroatoms. The van der Waals surface area contributed by atoms with Crippen molar-refractivity contribution < 1.29 is 9.53 Å². The number of anilines is 1. The highest BCUT2D eigenvalue weighted by Crippen LogP contribution is 2.22. The number of amides is 1. The molecule has 1 atom stereocenters. The minimum Gasteiger partial charge on any atom is -0.445 e. The zero-order valence-electron chi connectivity index (χ0n) is 12.8. The first-order valence-electron chi connectivity index (χ1n) is 7.52. The number of hydrogen-bond donors (Lipinski definition) is 1. The summed E-state index contributed by atoms with van der Waals surface area (Å²) in [6, 6.07) is 11.2. The van der Waals surface area contributed by atoms with E-state index in [1.54, 1.807) is 6.07 Å². The van der Waals surface area contributed by atoms with Crippen LogP contribution in [0.2, 0.25) is 10.4 Å². The van der Waals surface area contributed by atoms with Gasteiger partial charge in [-0.05, 0) is 23.6 Å². The van der Waals surface area contributed by atoms with Crippen LogP contribution in [0.3, 0.4) is 0 Å².